The molecule has 0 aliphatic heterocycles. The maximum absolute atomic E-state index is 11.6. The van der Waals surface area contributed by atoms with Gasteiger partial charge in [0.1, 0.15) is 11.4 Å². The molecule has 1 rings (SSSR count). The second-order valence-electron chi connectivity index (χ2n) is 5.04. The van der Waals surface area contributed by atoms with Crippen LogP contribution in [0.15, 0.2) is 18.2 Å². The Morgan fingerprint density at radius 3 is 2.50 bits per heavy atom. The van der Waals surface area contributed by atoms with E-state index in [9.17, 15) is 4.79 Å². The Morgan fingerprint density at radius 2 is 2.00 bits per heavy atom. The highest BCUT2D eigenvalue weighted by molar-refractivity contribution is 5.86. The molecule has 0 spiro atoms. The van der Waals surface area contributed by atoms with Gasteiger partial charge in [-0.1, -0.05) is 0 Å². The van der Waals surface area contributed by atoms with E-state index in [2.05, 4.69) is 5.32 Å². The fourth-order valence-corrected chi connectivity index (χ4v) is 1.45. The van der Waals surface area contributed by atoms with Gasteiger partial charge in [0, 0.05) is 5.69 Å². The molecule has 0 fully saturated rings. The van der Waals surface area contributed by atoms with E-state index in [0.29, 0.717) is 6.61 Å². The van der Waals surface area contributed by atoms with E-state index in [1.54, 1.807) is 0 Å². The average molecular weight is 251 g/mol. The highest BCUT2D eigenvalue weighted by atomic mass is 16.6. The van der Waals surface area contributed by atoms with Gasteiger partial charge >= 0.3 is 6.09 Å². The number of nitrogens with one attached hydrogen (secondary N) is 1. The van der Waals surface area contributed by atoms with Crippen molar-refractivity contribution >= 4 is 11.8 Å². The number of ether oxygens (including phenoxy) is 2. The highest BCUT2D eigenvalue weighted by Gasteiger charge is 2.16. The van der Waals surface area contributed by atoms with Crippen LogP contribution in [0.3, 0.4) is 0 Å². The van der Waals surface area contributed by atoms with Crippen LogP contribution in [0.5, 0.6) is 5.75 Å². The third kappa shape index (κ3) is 4.65. The first-order valence-electron chi connectivity index (χ1n) is 6.05. The molecule has 0 bridgehead atoms. The van der Waals surface area contributed by atoms with Crippen LogP contribution in [0.1, 0.15) is 33.3 Å². The van der Waals surface area contributed by atoms with Gasteiger partial charge in [-0.3, -0.25) is 5.32 Å². The molecule has 0 saturated heterocycles. The van der Waals surface area contributed by atoms with Gasteiger partial charge in [0.25, 0.3) is 0 Å². The molecule has 100 valence electrons. The molecule has 0 radical (unpaired) electrons. The lowest BCUT2D eigenvalue weighted by atomic mass is 10.2. The fourth-order valence-electron chi connectivity index (χ4n) is 1.45. The molecule has 1 amide bonds. The summed E-state index contributed by atoms with van der Waals surface area (Å²) >= 11 is 0. The lowest BCUT2D eigenvalue weighted by Crippen LogP contribution is -2.27. The van der Waals surface area contributed by atoms with E-state index in [-0.39, 0.29) is 0 Å². The monoisotopic (exact) mass is 251 g/mol. The number of aryl methyl sites for hydroxylation is 1. The van der Waals surface area contributed by atoms with Crippen LogP contribution >= 0.6 is 0 Å². The van der Waals surface area contributed by atoms with Gasteiger partial charge < -0.3 is 9.47 Å². The number of rotatable bonds is 3. The number of carbonyl (C=O) groups excluding carboxylic acids is 1. The third-order valence-electron chi connectivity index (χ3n) is 2.14. The first-order valence-corrected chi connectivity index (χ1v) is 6.05. The van der Waals surface area contributed by atoms with Crippen LogP contribution in [0, 0.1) is 6.92 Å². The number of amides is 1. The Morgan fingerprint density at radius 1 is 1.33 bits per heavy atom. The van der Waals surface area contributed by atoms with Crippen LogP contribution in [-0.2, 0) is 4.74 Å². The molecular formula is C14H21NO3. The van der Waals surface area contributed by atoms with Crippen molar-refractivity contribution < 1.29 is 14.3 Å². The van der Waals surface area contributed by atoms with Gasteiger partial charge in [-0.25, -0.2) is 4.79 Å². The van der Waals surface area contributed by atoms with Crippen molar-refractivity contribution in [3.63, 3.8) is 0 Å². The zero-order chi connectivity index (χ0) is 13.8. The molecule has 1 aromatic carbocycles. The van der Waals surface area contributed by atoms with E-state index < -0.39 is 11.7 Å². The second-order valence-corrected chi connectivity index (χ2v) is 5.04. The SMILES string of the molecule is CCOc1ccc(NC(=O)OC(C)(C)C)c(C)c1. The maximum atomic E-state index is 11.6. The van der Waals surface area contributed by atoms with Gasteiger partial charge in [0.15, 0.2) is 0 Å². The summed E-state index contributed by atoms with van der Waals surface area (Å²) in [5.41, 5.74) is 1.17. The van der Waals surface area contributed by atoms with Crippen LogP contribution in [-0.4, -0.2) is 18.3 Å². The summed E-state index contributed by atoms with van der Waals surface area (Å²) in [6, 6.07) is 5.52. The highest BCUT2D eigenvalue weighted by Crippen LogP contribution is 2.22. The van der Waals surface area contributed by atoms with Crippen LogP contribution in [0.25, 0.3) is 0 Å². The van der Waals surface area contributed by atoms with Crippen molar-refractivity contribution in [1.82, 2.24) is 0 Å². The van der Waals surface area contributed by atoms with E-state index >= 15 is 0 Å². The Balaban J connectivity index is 2.71. The first-order chi connectivity index (χ1) is 8.31. The molecule has 0 saturated carbocycles. The Bertz CT molecular complexity index is 422. The van der Waals surface area contributed by atoms with Crippen molar-refractivity contribution in [2.24, 2.45) is 0 Å². The standard InChI is InChI=1S/C14H21NO3/c1-6-17-11-7-8-12(10(2)9-11)15-13(16)18-14(3,4)5/h7-9H,6H2,1-5H3,(H,15,16). The summed E-state index contributed by atoms with van der Waals surface area (Å²) in [7, 11) is 0. The Kier molecular flexibility index (Phi) is 4.59. The first kappa shape index (κ1) is 14.4. The quantitative estimate of drug-likeness (QED) is 0.890. The minimum atomic E-state index is -0.497. The van der Waals surface area contributed by atoms with Crippen molar-refractivity contribution in [2.75, 3.05) is 11.9 Å². The number of hydrogen-bond acceptors (Lipinski definition) is 3. The molecule has 0 aliphatic rings. The van der Waals surface area contributed by atoms with Crippen molar-refractivity contribution in [3.05, 3.63) is 23.8 Å². The van der Waals surface area contributed by atoms with E-state index in [1.807, 2.05) is 52.8 Å². The molecule has 0 unspecified atom stereocenters. The summed E-state index contributed by atoms with van der Waals surface area (Å²) in [4.78, 5) is 11.6. The Labute approximate surface area is 108 Å². The molecular weight excluding hydrogens is 230 g/mol. The normalized spacial score (nSPS) is 10.9. The molecule has 0 heterocycles. The zero-order valence-corrected chi connectivity index (χ0v) is 11.7. The minimum Gasteiger partial charge on any atom is -0.494 e. The largest absolute Gasteiger partial charge is 0.494 e. The summed E-state index contributed by atoms with van der Waals surface area (Å²) < 4.78 is 10.6. The number of carbonyl (C=O) groups is 1. The van der Waals surface area contributed by atoms with Crippen molar-refractivity contribution in [2.45, 2.75) is 40.2 Å². The van der Waals surface area contributed by atoms with Crippen LogP contribution < -0.4 is 10.1 Å². The predicted octanol–water partition coefficient (Wildman–Crippen LogP) is 3.74. The lowest BCUT2D eigenvalue weighted by Gasteiger charge is -2.20. The minimum absolute atomic E-state index is 0.449. The van der Waals surface area contributed by atoms with E-state index in [0.717, 1.165) is 17.0 Å². The summed E-state index contributed by atoms with van der Waals surface area (Å²) in [5, 5.41) is 2.72. The Hall–Kier alpha value is -1.71. The third-order valence-corrected chi connectivity index (χ3v) is 2.14. The number of anilines is 1. The fraction of sp³-hybridized carbons (Fsp3) is 0.500. The van der Waals surface area contributed by atoms with E-state index in [4.69, 9.17) is 9.47 Å². The zero-order valence-electron chi connectivity index (χ0n) is 11.7. The molecule has 4 heteroatoms. The molecule has 0 atom stereocenters. The molecule has 0 aromatic heterocycles. The molecule has 18 heavy (non-hydrogen) atoms. The number of hydrogen-bond donors (Lipinski definition) is 1. The average Bonchev–Trinajstić information content (AvgIpc) is 2.20. The molecule has 1 N–H and O–H groups in total. The molecule has 1 aromatic rings. The van der Waals surface area contributed by atoms with Gasteiger partial charge in [-0.2, -0.15) is 0 Å². The smallest absolute Gasteiger partial charge is 0.412 e. The molecule has 4 nitrogen and oxygen atoms in total. The van der Waals surface area contributed by atoms with E-state index in [1.165, 1.54) is 0 Å². The van der Waals surface area contributed by atoms with Gasteiger partial charge in [-0.05, 0) is 58.4 Å². The van der Waals surface area contributed by atoms with Crippen LogP contribution in [0.4, 0.5) is 10.5 Å². The molecule has 0 aliphatic carbocycles. The number of benzene rings is 1. The second kappa shape index (κ2) is 5.76. The van der Waals surface area contributed by atoms with Gasteiger partial charge in [0.2, 0.25) is 0 Å². The topological polar surface area (TPSA) is 47.6 Å². The summed E-state index contributed by atoms with van der Waals surface area (Å²) in [5.74, 6) is 0.796. The predicted molar refractivity (Wildman–Crippen MR) is 72.2 cm³/mol. The lowest BCUT2D eigenvalue weighted by molar-refractivity contribution is 0.0636. The van der Waals surface area contributed by atoms with Crippen LogP contribution in [0.2, 0.25) is 0 Å². The maximum Gasteiger partial charge on any atom is 0.412 e. The van der Waals surface area contributed by atoms with Crippen molar-refractivity contribution in [1.29, 1.82) is 0 Å². The van der Waals surface area contributed by atoms with Gasteiger partial charge in [-0.15, -0.1) is 0 Å². The summed E-state index contributed by atoms with van der Waals surface area (Å²) in [6.07, 6.45) is -0.449. The van der Waals surface area contributed by atoms with Crippen molar-refractivity contribution in [3.8, 4) is 5.75 Å². The summed E-state index contributed by atoms with van der Waals surface area (Å²) in [6.45, 7) is 9.96. The van der Waals surface area contributed by atoms with Gasteiger partial charge in [0.05, 0.1) is 6.61 Å².